The fourth-order valence-corrected chi connectivity index (χ4v) is 2.81. The van der Waals surface area contributed by atoms with E-state index < -0.39 is 51.2 Å². The number of ketones is 3. The predicted octanol–water partition coefficient (Wildman–Crippen LogP) is -3.64. The van der Waals surface area contributed by atoms with E-state index in [1.165, 1.54) is 0 Å². The summed E-state index contributed by atoms with van der Waals surface area (Å²) in [5.41, 5.74) is -0.911. The van der Waals surface area contributed by atoms with Crippen LogP contribution in [0.3, 0.4) is 0 Å². The van der Waals surface area contributed by atoms with Gasteiger partial charge in [0.15, 0.2) is 0 Å². The van der Waals surface area contributed by atoms with Crippen molar-refractivity contribution in [3.63, 3.8) is 0 Å². The Morgan fingerprint density at radius 1 is 1.11 bits per heavy atom. The van der Waals surface area contributed by atoms with Gasteiger partial charge in [-0.1, -0.05) is 0 Å². The summed E-state index contributed by atoms with van der Waals surface area (Å²) in [6.07, 6.45) is -2.48. The Bertz CT molecular complexity index is 490. The van der Waals surface area contributed by atoms with Gasteiger partial charge in [0.2, 0.25) is 6.29 Å². The average Bonchev–Trinajstić information content (AvgIpc) is 2.12. The molecular weight excluding hydrogens is 292 g/mol. The first kappa shape index (κ1) is 15.2. The summed E-state index contributed by atoms with van der Waals surface area (Å²) in [5.74, 6) is -4.02. The number of nitrogens with zero attached hydrogens (tertiary/aromatic N) is 1. The molecule has 4 N–H and O–H groups in total. The Morgan fingerprint density at radius 3 is 1.89 bits per heavy atom. The van der Waals surface area contributed by atoms with E-state index in [0.29, 0.717) is 0 Å². The van der Waals surface area contributed by atoms with Gasteiger partial charge in [-0.2, -0.15) is 4.58 Å². The molecule has 0 bridgehead atoms. The second-order valence-electron chi connectivity index (χ2n) is 3.49. The van der Waals surface area contributed by atoms with Gasteiger partial charge in [0, 0.05) is 0 Å². The Kier molecular flexibility index (Phi) is 3.94. The minimum atomic E-state index is -4.77. The molecule has 10 nitrogen and oxygen atoms in total. The van der Waals surface area contributed by atoms with E-state index in [2.05, 4.69) is 0 Å². The van der Waals surface area contributed by atoms with Crippen LogP contribution in [0, 0.1) is 0 Å². The molecule has 0 aliphatic heterocycles. The van der Waals surface area contributed by atoms with Crippen LogP contribution >= 0.6 is 15.5 Å². The molecule has 0 atom stereocenters. The van der Waals surface area contributed by atoms with E-state index >= 15 is 0 Å². The first-order chi connectivity index (χ1) is 7.92. The Hall–Kier alpha value is -0.860. The van der Waals surface area contributed by atoms with Crippen LogP contribution in [0.2, 0.25) is 0 Å². The van der Waals surface area contributed by atoms with Crippen molar-refractivity contribution < 1.29 is 48.0 Å². The lowest BCUT2D eigenvalue weighted by atomic mass is 9.91. The summed E-state index contributed by atoms with van der Waals surface area (Å²) in [4.78, 5) is 78.2. The molecule has 18 heavy (non-hydrogen) atoms. The molecule has 0 saturated heterocycles. The van der Waals surface area contributed by atoms with E-state index in [1.54, 1.807) is 0 Å². The zero-order valence-electron chi connectivity index (χ0n) is 8.59. The van der Waals surface area contributed by atoms with E-state index in [4.69, 9.17) is 19.6 Å². The molecule has 1 fully saturated rings. The van der Waals surface area contributed by atoms with Crippen molar-refractivity contribution in [3.05, 3.63) is 0 Å². The highest BCUT2D eigenvalue weighted by molar-refractivity contribution is 7.57. The highest BCUT2D eigenvalue weighted by Gasteiger charge is 2.54. The number of carbonyl (C=O) groups excluding carboxylic acids is 3. The van der Waals surface area contributed by atoms with Crippen molar-refractivity contribution in [3.8, 4) is 0 Å². The maximum Gasteiger partial charge on any atom is 0.389 e. The first-order valence-corrected chi connectivity index (χ1v) is 7.86. The number of hydrogen-bond acceptors (Lipinski definition) is 7. The highest BCUT2D eigenvalue weighted by atomic mass is 31.2. The molecule has 1 rings (SSSR count). The third-order valence-electron chi connectivity index (χ3n) is 1.87. The maximum atomic E-state index is 11.0. The van der Waals surface area contributed by atoms with Gasteiger partial charge in [-0.3, -0.25) is 18.9 Å². The summed E-state index contributed by atoms with van der Waals surface area (Å²) in [5, 5.41) is 0. The fourth-order valence-electron chi connectivity index (χ4n) is 1.28. The molecule has 1 aliphatic carbocycles. The van der Waals surface area contributed by atoms with Gasteiger partial charge in [0.25, 0.3) is 20.0 Å². The van der Waals surface area contributed by atoms with Crippen molar-refractivity contribution in [1.82, 2.24) is 0 Å². The fraction of sp³-hybridized carbons (Fsp3) is 0.333. The standard InChI is InChI=1S/C6H7NO9P2/c8-4-3(5(9)6(4)10)7(1-17(11,12)13)2-18(14,15)16/h1-2H2,(H3-,11,12,13,14,15,16)/p+1. The Morgan fingerprint density at radius 2 is 1.56 bits per heavy atom. The summed E-state index contributed by atoms with van der Waals surface area (Å²) in [6.45, 7) is 0. The van der Waals surface area contributed by atoms with E-state index in [-0.39, 0.29) is 4.58 Å². The average molecular weight is 300 g/mol. The van der Waals surface area contributed by atoms with E-state index in [1.807, 2.05) is 0 Å². The van der Waals surface area contributed by atoms with Crippen molar-refractivity contribution >= 4 is 38.6 Å². The zero-order chi connectivity index (χ0) is 14.3. The minimum absolute atomic E-state index is 0.244. The second-order valence-corrected chi connectivity index (χ2v) is 6.71. The quantitative estimate of drug-likeness (QED) is 0.232. The largest absolute Gasteiger partial charge is 0.627 e. The molecule has 0 aromatic heterocycles. The lowest BCUT2D eigenvalue weighted by Gasteiger charge is -2.17. The predicted molar refractivity (Wildman–Crippen MR) is 53.4 cm³/mol. The summed E-state index contributed by atoms with van der Waals surface area (Å²) >= 11 is 0. The van der Waals surface area contributed by atoms with Crippen LogP contribution in [0.15, 0.2) is 0 Å². The summed E-state index contributed by atoms with van der Waals surface area (Å²) in [7, 11) is -9.54. The van der Waals surface area contributed by atoms with Gasteiger partial charge >= 0.3 is 24.9 Å². The van der Waals surface area contributed by atoms with Gasteiger partial charge < -0.3 is 14.7 Å². The topological polar surface area (TPSA) is 175 Å². The molecule has 0 spiro atoms. The van der Waals surface area contributed by atoms with Crippen LogP contribution in [0.25, 0.3) is 0 Å². The SMILES string of the molecule is O=C1C(=O)C(=[N+](CP(=O)(O)O)C[P+]([O-])(O)O)C1=O. The first-order valence-electron chi connectivity index (χ1n) is 4.27. The third kappa shape index (κ3) is 3.56. The third-order valence-corrected chi connectivity index (χ3v) is 3.29. The molecule has 0 aromatic rings. The van der Waals surface area contributed by atoms with Crippen LogP contribution in [0.1, 0.15) is 0 Å². The van der Waals surface area contributed by atoms with Gasteiger partial charge in [0.1, 0.15) is 0 Å². The lowest BCUT2D eigenvalue weighted by molar-refractivity contribution is -0.499. The normalized spacial score (nSPS) is 16.9. The molecule has 0 amide bonds. The summed E-state index contributed by atoms with van der Waals surface area (Å²) in [6, 6.07) is 0. The molecule has 1 saturated carbocycles. The highest BCUT2D eigenvalue weighted by Crippen LogP contribution is 2.42. The van der Waals surface area contributed by atoms with Gasteiger partial charge in [-0.05, 0) is 0 Å². The van der Waals surface area contributed by atoms with Gasteiger partial charge in [-0.25, -0.2) is 9.79 Å². The molecule has 1 aliphatic rings. The molecule has 0 unspecified atom stereocenters. The zero-order valence-corrected chi connectivity index (χ0v) is 10.4. The van der Waals surface area contributed by atoms with Crippen molar-refractivity contribution in [1.29, 1.82) is 0 Å². The maximum absolute atomic E-state index is 11.0. The van der Waals surface area contributed by atoms with Crippen LogP contribution in [-0.2, 0) is 18.9 Å². The smallest absolute Gasteiger partial charge is 0.389 e. The number of hydrogen-bond donors (Lipinski definition) is 4. The number of carbonyl (C=O) groups is 3. The van der Waals surface area contributed by atoms with Gasteiger partial charge in [-0.15, -0.1) is 0 Å². The van der Waals surface area contributed by atoms with Crippen LogP contribution in [-0.4, -0.2) is 59.8 Å². The van der Waals surface area contributed by atoms with Crippen LogP contribution in [0.4, 0.5) is 0 Å². The van der Waals surface area contributed by atoms with E-state index in [9.17, 15) is 23.8 Å². The molecule has 0 heterocycles. The minimum Gasteiger partial charge on any atom is -0.627 e. The number of rotatable bonds is 4. The lowest BCUT2D eigenvalue weighted by Crippen LogP contribution is -2.55. The van der Waals surface area contributed by atoms with Crippen molar-refractivity contribution in [2.24, 2.45) is 0 Å². The summed E-state index contributed by atoms with van der Waals surface area (Å²) < 4.78 is 11.0. The van der Waals surface area contributed by atoms with Crippen LogP contribution < -0.4 is 4.89 Å². The molecule has 0 aromatic carbocycles. The number of Topliss-reactive ketones (excluding diaryl/α,β-unsaturated/α-hetero) is 3. The molecule has 12 heteroatoms. The Labute approximate surface area is 99.9 Å². The van der Waals surface area contributed by atoms with Crippen molar-refractivity contribution in [2.75, 3.05) is 12.6 Å². The molecule has 0 radical (unpaired) electrons. The van der Waals surface area contributed by atoms with Crippen LogP contribution in [0.5, 0.6) is 0 Å². The van der Waals surface area contributed by atoms with Crippen molar-refractivity contribution in [2.45, 2.75) is 0 Å². The van der Waals surface area contributed by atoms with Gasteiger partial charge in [0.05, 0.1) is 0 Å². The molecular formula is C6H8NO9P2+. The van der Waals surface area contributed by atoms with E-state index in [0.717, 1.165) is 0 Å². The monoisotopic (exact) mass is 300 g/mol. The second kappa shape index (κ2) is 4.67. The Balaban J connectivity index is 3.18. The molecule has 100 valence electrons.